The second kappa shape index (κ2) is 4.13. The van der Waals surface area contributed by atoms with E-state index >= 15 is 0 Å². The average molecular weight is 212 g/mol. The van der Waals surface area contributed by atoms with Crippen molar-refractivity contribution in [3.05, 3.63) is 0 Å². The van der Waals surface area contributed by atoms with E-state index in [0.717, 1.165) is 18.2 Å². The van der Waals surface area contributed by atoms with E-state index in [4.69, 9.17) is 0 Å². The van der Waals surface area contributed by atoms with Gasteiger partial charge in [-0.3, -0.25) is 4.99 Å². The molecule has 2 aliphatic rings. The number of amidine groups is 1. The number of nitrogens with one attached hydrogen (secondary N) is 1. The van der Waals surface area contributed by atoms with Gasteiger partial charge in [-0.1, -0.05) is 31.5 Å². The minimum Gasteiger partial charge on any atom is -0.360 e. The first-order valence-electron chi connectivity index (χ1n) is 5.66. The zero-order valence-electron chi connectivity index (χ0n) is 9.18. The zero-order chi connectivity index (χ0) is 10.0. The Hall–Kier alpha value is -0.180. The predicted molar refractivity (Wildman–Crippen MR) is 63.9 cm³/mol. The molecule has 2 rings (SSSR count). The van der Waals surface area contributed by atoms with Crippen molar-refractivity contribution in [2.24, 2.45) is 10.9 Å². The molecule has 1 aliphatic heterocycles. The van der Waals surface area contributed by atoms with Gasteiger partial charge < -0.3 is 5.32 Å². The van der Waals surface area contributed by atoms with Crippen molar-refractivity contribution in [1.29, 1.82) is 0 Å². The van der Waals surface area contributed by atoms with Crippen molar-refractivity contribution >= 4 is 16.9 Å². The standard InChI is InChI=1S/C11H20N2S/c1-9-5-3-4-6-11(9,2)13-10-12-7-8-14-10/h9H,3-8H2,1-2H3,(H,12,13). The van der Waals surface area contributed by atoms with Crippen LogP contribution < -0.4 is 5.32 Å². The molecule has 2 nitrogen and oxygen atoms in total. The maximum Gasteiger partial charge on any atom is 0.157 e. The molecule has 1 fully saturated rings. The Kier molecular flexibility index (Phi) is 3.05. The molecule has 0 aromatic rings. The van der Waals surface area contributed by atoms with Crippen LogP contribution in [-0.2, 0) is 0 Å². The van der Waals surface area contributed by atoms with Gasteiger partial charge in [0.05, 0.1) is 6.54 Å². The second-order valence-electron chi connectivity index (χ2n) is 4.72. The van der Waals surface area contributed by atoms with Crippen LogP contribution in [0.2, 0.25) is 0 Å². The van der Waals surface area contributed by atoms with Crippen LogP contribution in [0, 0.1) is 5.92 Å². The lowest BCUT2D eigenvalue weighted by Crippen LogP contribution is -2.51. The van der Waals surface area contributed by atoms with Crippen molar-refractivity contribution in [3.8, 4) is 0 Å². The highest BCUT2D eigenvalue weighted by atomic mass is 32.2. The van der Waals surface area contributed by atoms with Gasteiger partial charge in [0.15, 0.2) is 5.17 Å². The van der Waals surface area contributed by atoms with Crippen LogP contribution in [0.3, 0.4) is 0 Å². The number of hydrogen-bond acceptors (Lipinski definition) is 3. The molecule has 1 saturated carbocycles. The molecule has 2 atom stereocenters. The summed E-state index contributed by atoms with van der Waals surface area (Å²) in [6.07, 6.45) is 5.43. The molecule has 0 bridgehead atoms. The highest BCUT2D eigenvalue weighted by Crippen LogP contribution is 2.34. The average Bonchev–Trinajstić information content (AvgIpc) is 2.63. The van der Waals surface area contributed by atoms with Crippen molar-refractivity contribution in [1.82, 2.24) is 5.32 Å². The lowest BCUT2D eigenvalue weighted by Gasteiger charge is -2.41. The molecule has 0 aromatic carbocycles. The van der Waals surface area contributed by atoms with Gasteiger partial charge in [0.25, 0.3) is 0 Å². The topological polar surface area (TPSA) is 24.4 Å². The molecule has 1 heterocycles. The van der Waals surface area contributed by atoms with E-state index in [1.54, 1.807) is 0 Å². The molecule has 1 N–H and O–H groups in total. The van der Waals surface area contributed by atoms with Gasteiger partial charge in [0.1, 0.15) is 0 Å². The number of hydrogen-bond donors (Lipinski definition) is 1. The molecular weight excluding hydrogens is 192 g/mol. The summed E-state index contributed by atoms with van der Waals surface area (Å²) in [5.74, 6) is 1.94. The normalized spacial score (nSPS) is 38.1. The van der Waals surface area contributed by atoms with E-state index in [2.05, 4.69) is 24.2 Å². The Morgan fingerprint density at radius 1 is 1.50 bits per heavy atom. The lowest BCUT2D eigenvalue weighted by molar-refractivity contribution is 0.202. The summed E-state index contributed by atoms with van der Waals surface area (Å²) in [4.78, 5) is 4.48. The van der Waals surface area contributed by atoms with Gasteiger partial charge >= 0.3 is 0 Å². The maximum atomic E-state index is 4.48. The summed E-state index contributed by atoms with van der Waals surface area (Å²) in [7, 11) is 0. The minimum atomic E-state index is 0.300. The van der Waals surface area contributed by atoms with Crippen molar-refractivity contribution < 1.29 is 0 Å². The van der Waals surface area contributed by atoms with Gasteiger partial charge in [-0.2, -0.15) is 0 Å². The zero-order valence-corrected chi connectivity index (χ0v) is 9.99. The van der Waals surface area contributed by atoms with E-state index in [1.165, 1.54) is 30.9 Å². The first-order chi connectivity index (χ1) is 6.71. The molecular formula is C11H20N2S. The van der Waals surface area contributed by atoms with Gasteiger partial charge in [-0.15, -0.1) is 0 Å². The molecule has 0 saturated heterocycles. The highest BCUT2D eigenvalue weighted by Gasteiger charge is 2.34. The smallest absolute Gasteiger partial charge is 0.157 e. The monoisotopic (exact) mass is 212 g/mol. The SMILES string of the molecule is CC1CCCCC1(C)NC1=NCCS1. The molecule has 0 radical (unpaired) electrons. The van der Waals surface area contributed by atoms with Crippen molar-refractivity contribution in [2.45, 2.75) is 45.1 Å². The third-order valence-corrected chi connectivity index (χ3v) is 4.54. The van der Waals surface area contributed by atoms with Crippen molar-refractivity contribution in [3.63, 3.8) is 0 Å². The van der Waals surface area contributed by atoms with E-state index in [0.29, 0.717) is 5.54 Å². The summed E-state index contributed by atoms with van der Waals surface area (Å²) in [5.41, 5.74) is 0.300. The van der Waals surface area contributed by atoms with Gasteiger partial charge in [-0.25, -0.2) is 0 Å². The Balaban J connectivity index is 1.99. The molecule has 0 amide bonds. The van der Waals surface area contributed by atoms with Gasteiger partial charge in [0, 0.05) is 11.3 Å². The van der Waals surface area contributed by atoms with Crippen LogP contribution in [-0.4, -0.2) is 23.0 Å². The Morgan fingerprint density at radius 2 is 2.36 bits per heavy atom. The van der Waals surface area contributed by atoms with Crippen LogP contribution in [0.4, 0.5) is 0 Å². The van der Waals surface area contributed by atoms with E-state index < -0.39 is 0 Å². The Labute approximate surface area is 90.9 Å². The molecule has 1 aliphatic carbocycles. The first-order valence-corrected chi connectivity index (χ1v) is 6.65. The van der Waals surface area contributed by atoms with Crippen LogP contribution in [0.1, 0.15) is 39.5 Å². The number of aliphatic imine (C=N–C) groups is 1. The number of thioether (sulfide) groups is 1. The van der Waals surface area contributed by atoms with Crippen molar-refractivity contribution in [2.75, 3.05) is 12.3 Å². The molecule has 3 heteroatoms. The van der Waals surface area contributed by atoms with Crippen LogP contribution in [0.25, 0.3) is 0 Å². The number of nitrogens with zero attached hydrogens (tertiary/aromatic N) is 1. The highest BCUT2D eigenvalue weighted by molar-refractivity contribution is 8.14. The fraction of sp³-hybridized carbons (Fsp3) is 0.909. The van der Waals surface area contributed by atoms with E-state index in [-0.39, 0.29) is 0 Å². The lowest BCUT2D eigenvalue weighted by atomic mass is 9.75. The molecule has 0 spiro atoms. The molecule has 80 valence electrons. The fourth-order valence-electron chi connectivity index (χ4n) is 2.35. The summed E-state index contributed by atoms with van der Waals surface area (Å²) in [6, 6.07) is 0. The summed E-state index contributed by atoms with van der Waals surface area (Å²) in [6.45, 7) is 5.72. The van der Waals surface area contributed by atoms with Gasteiger partial charge in [0.2, 0.25) is 0 Å². The molecule has 0 aromatic heterocycles. The fourth-order valence-corrected chi connectivity index (χ4v) is 3.21. The molecule has 14 heavy (non-hydrogen) atoms. The third kappa shape index (κ3) is 2.08. The quantitative estimate of drug-likeness (QED) is 0.722. The Morgan fingerprint density at radius 3 is 3.00 bits per heavy atom. The van der Waals surface area contributed by atoms with Gasteiger partial charge in [-0.05, 0) is 25.7 Å². The summed E-state index contributed by atoms with van der Waals surface area (Å²) < 4.78 is 0. The van der Waals surface area contributed by atoms with Crippen LogP contribution in [0.15, 0.2) is 4.99 Å². The number of rotatable bonds is 1. The third-order valence-electron chi connectivity index (χ3n) is 3.65. The summed E-state index contributed by atoms with van der Waals surface area (Å²) in [5, 5.41) is 4.84. The van der Waals surface area contributed by atoms with E-state index in [9.17, 15) is 0 Å². The minimum absolute atomic E-state index is 0.300. The van der Waals surface area contributed by atoms with Crippen LogP contribution in [0.5, 0.6) is 0 Å². The van der Waals surface area contributed by atoms with E-state index in [1.807, 2.05) is 11.8 Å². The Bertz CT molecular complexity index is 239. The first kappa shape index (κ1) is 10.3. The maximum absolute atomic E-state index is 4.48. The largest absolute Gasteiger partial charge is 0.360 e. The summed E-state index contributed by atoms with van der Waals surface area (Å²) >= 11 is 1.88. The molecule has 2 unspecified atom stereocenters. The van der Waals surface area contributed by atoms with Crippen LogP contribution >= 0.6 is 11.8 Å². The second-order valence-corrected chi connectivity index (χ2v) is 5.81. The predicted octanol–water partition coefficient (Wildman–Crippen LogP) is 2.65.